The van der Waals surface area contributed by atoms with Crippen LogP contribution < -0.4 is 0 Å². The van der Waals surface area contributed by atoms with E-state index >= 15 is 0 Å². The molecule has 0 aromatic rings. The number of aliphatic carboxylic acids is 1. The van der Waals surface area contributed by atoms with Gasteiger partial charge in [0.25, 0.3) is 0 Å². The van der Waals surface area contributed by atoms with Crippen molar-refractivity contribution in [3.05, 3.63) is 23.8 Å². The molecule has 0 aromatic carbocycles. The number of carbonyl (C=O) groups is 2. The number of rotatable bonds is 1. The van der Waals surface area contributed by atoms with Crippen LogP contribution in [0.1, 0.15) is 46.0 Å². The lowest BCUT2D eigenvalue weighted by atomic mass is 9.43. The van der Waals surface area contributed by atoms with E-state index in [9.17, 15) is 24.9 Å². The molecule has 4 aliphatic carbocycles. The third kappa shape index (κ3) is 1.76. The van der Waals surface area contributed by atoms with Gasteiger partial charge in [-0.25, -0.2) is 0 Å². The number of carboxylic acid groups (broad SMARTS) is 1. The molecule has 4 aliphatic rings. The number of carboxylic acids is 1. The fourth-order valence-electron chi connectivity index (χ4n) is 6.55. The molecular formula is C20H26O5. The second kappa shape index (κ2) is 4.83. The van der Waals surface area contributed by atoms with Gasteiger partial charge in [0.15, 0.2) is 5.78 Å². The maximum atomic E-state index is 13.1. The molecule has 0 heterocycles. The van der Waals surface area contributed by atoms with Crippen molar-refractivity contribution in [2.24, 2.45) is 28.1 Å². The maximum Gasteiger partial charge on any atom is 0.309 e. The minimum absolute atomic E-state index is 0.0187. The Labute approximate surface area is 147 Å². The highest BCUT2D eigenvalue weighted by molar-refractivity contribution is 6.05. The van der Waals surface area contributed by atoms with Crippen LogP contribution in [0.25, 0.3) is 0 Å². The SMILES string of the molecule is C=C1C(=O)[C@@]23CC[C@H]4[C@](C)(C2=C[C@@H](O)[C@@H]1C3)[C@@H](O)CC[C@@]4(C)C(=O)O. The molecule has 0 amide bonds. The smallest absolute Gasteiger partial charge is 0.309 e. The summed E-state index contributed by atoms with van der Waals surface area (Å²) in [5.74, 6) is -1.37. The van der Waals surface area contributed by atoms with E-state index < -0.39 is 34.4 Å². The second-order valence-electron chi connectivity index (χ2n) is 8.97. The molecule has 3 N–H and O–H groups in total. The van der Waals surface area contributed by atoms with Gasteiger partial charge in [0.2, 0.25) is 0 Å². The van der Waals surface area contributed by atoms with E-state index in [1.54, 1.807) is 13.0 Å². The van der Waals surface area contributed by atoms with Crippen molar-refractivity contribution in [2.45, 2.75) is 58.2 Å². The molecule has 5 heteroatoms. The molecule has 0 saturated heterocycles. The summed E-state index contributed by atoms with van der Waals surface area (Å²) in [6, 6.07) is 0. The Balaban J connectivity index is 1.91. The van der Waals surface area contributed by atoms with E-state index in [1.165, 1.54) is 0 Å². The van der Waals surface area contributed by atoms with Crippen molar-refractivity contribution in [1.29, 1.82) is 0 Å². The topological polar surface area (TPSA) is 94.8 Å². The highest BCUT2D eigenvalue weighted by atomic mass is 16.4. The van der Waals surface area contributed by atoms with Crippen molar-refractivity contribution in [3.63, 3.8) is 0 Å². The summed E-state index contributed by atoms with van der Waals surface area (Å²) in [4.78, 5) is 25.1. The zero-order valence-electron chi connectivity index (χ0n) is 14.8. The number of aliphatic hydroxyl groups excluding tert-OH is 2. The Morgan fingerprint density at radius 3 is 2.56 bits per heavy atom. The lowest BCUT2D eigenvalue weighted by molar-refractivity contribution is -0.172. The lowest BCUT2D eigenvalue weighted by Crippen LogP contribution is -2.61. The zero-order valence-corrected chi connectivity index (χ0v) is 14.8. The summed E-state index contributed by atoms with van der Waals surface area (Å²) in [5.41, 5.74) is -1.20. The molecule has 0 aliphatic heterocycles. The van der Waals surface area contributed by atoms with Gasteiger partial charge in [0.05, 0.1) is 23.0 Å². The Morgan fingerprint density at radius 1 is 1.24 bits per heavy atom. The fraction of sp³-hybridized carbons (Fsp3) is 0.700. The molecule has 7 atom stereocenters. The first-order valence-corrected chi connectivity index (χ1v) is 9.15. The van der Waals surface area contributed by atoms with Crippen LogP contribution in [0, 0.1) is 28.1 Å². The number of hydrogen-bond acceptors (Lipinski definition) is 4. The average molecular weight is 346 g/mol. The number of hydrogen-bond donors (Lipinski definition) is 3. The van der Waals surface area contributed by atoms with Gasteiger partial charge in [-0.15, -0.1) is 0 Å². The van der Waals surface area contributed by atoms with E-state index in [4.69, 9.17) is 0 Å². The molecule has 2 bridgehead atoms. The van der Waals surface area contributed by atoms with Crippen LogP contribution in [-0.2, 0) is 9.59 Å². The Bertz CT molecular complexity index is 724. The highest BCUT2D eigenvalue weighted by Crippen LogP contribution is 2.69. The molecule has 0 unspecified atom stereocenters. The Kier molecular flexibility index (Phi) is 3.28. The monoisotopic (exact) mass is 346 g/mol. The highest BCUT2D eigenvalue weighted by Gasteiger charge is 2.68. The molecule has 1 spiro atoms. The molecule has 4 rings (SSSR count). The van der Waals surface area contributed by atoms with E-state index in [-0.39, 0.29) is 17.6 Å². The van der Waals surface area contributed by atoms with Crippen molar-refractivity contribution in [1.82, 2.24) is 0 Å². The first-order valence-electron chi connectivity index (χ1n) is 9.15. The van der Waals surface area contributed by atoms with Crippen molar-refractivity contribution in [3.8, 4) is 0 Å². The summed E-state index contributed by atoms with van der Waals surface area (Å²) >= 11 is 0. The molecule has 5 nitrogen and oxygen atoms in total. The second-order valence-corrected chi connectivity index (χ2v) is 8.97. The summed E-state index contributed by atoms with van der Waals surface area (Å²) in [6.45, 7) is 7.58. The standard InChI is InChI=1S/C20H26O5/c1-10-11-9-20(16(10)23)7-4-13-18(2,17(24)25)6-5-15(22)19(13,3)14(20)8-12(11)21/h8,11-13,15,21-22H,1,4-7,9H2,2-3H3,(H,24,25)/t11-,12-,13-,15+,18-,19-,20-/m1/s1. The number of carbonyl (C=O) groups excluding carboxylic acids is 1. The van der Waals surface area contributed by atoms with Crippen LogP contribution >= 0.6 is 0 Å². The minimum Gasteiger partial charge on any atom is -0.481 e. The quantitative estimate of drug-likeness (QED) is 0.499. The van der Waals surface area contributed by atoms with Crippen LogP contribution in [0.2, 0.25) is 0 Å². The molecular weight excluding hydrogens is 320 g/mol. The van der Waals surface area contributed by atoms with Crippen LogP contribution in [0.4, 0.5) is 0 Å². The van der Waals surface area contributed by atoms with E-state index in [2.05, 4.69) is 6.58 Å². The summed E-state index contributed by atoms with van der Waals surface area (Å²) in [5, 5.41) is 31.4. The Hall–Kier alpha value is -1.46. The van der Waals surface area contributed by atoms with Gasteiger partial charge >= 0.3 is 5.97 Å². The predicted octanol–water partition coefficient (Wildman–Crippen LogP) is 2.08. The maximum absolute atomic E-state index is 13.1. The zero-order chi connectivity index (χ0) is 18.4. The van der Waals surface area contributed by atoms with Gasteiger partial charge < -0.3 is 15.3 Å². The molecule has 25 heavy (non-hydrogen) atoms. The van der Waals surface area contributed by atoms with Crippen LogP contribution in [-0.4, -0.2) is 39.3 Å². The number of aliphatic hydroxyl groups is 2. The van der Waals surface area contributed by atoms with Crippen molar-refractivity contribution in [2.75, 3.05) is 0 Å². The largest absolute Gasteiger partial charge is 0.481 e. The van der Waals surface area contributed by atoms with Gasteiger partial charge in [0, 0.05) is 11.3 Å². The average Bonchev–Trinajstić information content (AvgIpc) is 2.77. The number of Topliss-reactive ketones (excluding diaryl/α,β-unsaturated/α-hetero) is 1. The fourth-order valence-corrected chi connectivity index (χ4v) is 6.55. The van der Waals surface area contributed by atoms with E-state index in [1.807, 2.05) is 6.92 Å². The molecule has 0 aromatic heterocycles. The predicted molar refractivity (Wildman–Crippen MR) is 90.6 cm³/mol. The van der Waals surface area contributed by atoms with Crippen molar-refractivity contribution < 1.29 is 24.9 Å². The van der Waals surface area contributed by atoms with Crippen LogP contribution in [0.15, 0.2) is 23.8 Å². The normalized spacial score (nSPS) is 51.6. The Morgan fingerprint density at radius 2 is 1.92 bits per heavy atom. The molecule has 3 fully saturated rings. The van der Waals surface area contributed by atoms with Crippen LogP contribution in [0.5, 0.6) is 0 Å². The summed E-state index contributed by atoms with van der Waals surface area (Å²) in [7, 11) is 0. The molecule has 136 valence electrons. The first-order chi connectivity index (χ1) is 11.6. The van der Waals surface area contributed by atoms with Gasteiger partial charge in [-0.1, -0.05) is 19.6 Å². The third-order valence-corrected chi connectivity index (χ3v) is 8.06. The molecule has 3 saturated carbocycles. The van der Waals surface area contributed by atoms with Gasteiger partial charge in [-0.2, -0.15) is 0 Å². The van der Waals surface area contributed by atoms with Crippen LogP contribution in [0.3, 0.4) is 0 Å². The third-order valence-electron chi connectivity index (χ3n) is 8.06. The number of ketones is 1. The number of fused-ring (bicyclic) bond motifs is 3. The minimum atomic E-state index is -0.934. The summed E-state index contributed by atoms with van der Waals surface area (Å²) in [6.07, 6.45) is 2.77. The van der Waals surface area contributed by atoms with E-state index in [0.29, 0.717) is 37.7 Å². The van der Waals surface area contributed by atoms with E-state index in [0.717, 1.165) is 5.57 Å². The van der Waals surface area contributed by atoms with Crippen molar-refractivity contribution >= 4 is 11.8 Å². The summed E-state index contributed by atoms with van der Waals surface area (Å²) < 4.78 is 0. The van der Waals surface area contributed by atoms with Gasteiger partial charge in [-0.05, 0) is 56.1 Å². The van der Waals surface area contributed by atoms with Gasteiger partial charge in [0.1, 0.15) is 0 Å². The first kappa shape index (κ1) is 17.0. The lowest BCUT2D eigenvalue weighted by Gasteiger charge is -2.61. The van der Waals surface area contributed by atoms with Gasteiger partial charge in [-0.3, -0.25) is 9.59 Å². The molecule has 0 radical (unpaired) electrons.